The Balaban J connectivity index is 2.02. The van der Waals surface area contributed by atoms with E-state index in [1.54, 1.807) is 43.5 Å². The molecule has 1 amide bonds. The van der Waals surface area contributed by atoms with Gasteiger partial charge >= 0.3 is 5.97 Å². The summed E-state index contributed by atoms with van der Waals surface area (Å²) in [5, 5.41) is 11.5. The van der Waals surface area contributed by atoms with E-state index >= 15 is 0 Å². The van der Waals surface area contributed by atoms with E-state index in [1.165, 1.54) is 0 Å². The summed E-state index contributed by atoms with van der Waals surface area (Å²) in [6.45, 7) is 3.35. The SMILES string of the molecule is COc1ccc(C(=O)NC(C)c2ccc(OCC(=O)O)cc2)c(C)c1. The molecule has 1 atom stereocenters. The number of amides is 1. The monoisotopic (exact) mass is 343 g/mol. The Morgan fingerprint density at radius 2 is 1.76 bits per heavy atom. The fourth-order valence-corrected chi connectivity index (χ4v) is 2.37. The van der Waals surface area contributed by atoms with Crippen molar-refractivity contribution in [3.8, 4) is 11.5 Å². The molecule has 0 aliphatic rings. The number of rotatable bonds is 7. The molecule has 0 saturated heterocycles. The Morgan fingerprint density at radius 3 is 2.32 bits per heavy atom. The number of nitrogens with one attached hydrogen (secondary N) is 1. The summed E-state index contributed by atoms with van der Waals surface area (Å²) in [6.07, 6.45) is 0. The first kappa shape index (κ1) is 18.3. The second-order valence-electron chi connectivity index (χ2n) is 5.63. The van der Waals surface area contributed by atoms with Gasteiger partial charge in [-0.1, -0.05) is 12.1 Å². The van der Waals surface area contributed by atoms with Gasteiger partial charge in [-0.3, -0.25) is 4.79 Å². The van der Waals surface area contributed by atoms with E-state index in [-0.39, 0.29) is 18.6 Å². The van der Waals surface area contributed by atoms with Crippen LogP contribution in [0.2, 0.25) is 0 Å². The van der Waals surface area contributed by atoms with Gasteiger partial charge in [0.2, 0.25) is 0 Å². The van der Waals surface area contributed by atoms with Crippen LogP contribution in [0.5, 0.6) is 11.5 Å². The topological polar surface area (TPSA) is 84.9 Å². The van der Waals surface area contributed by atoms with Gasteiger partial charge in [-0.15, -0.1) is 0 Å². The molecule has 1 unspecified atom stereocenters. The van der Waals surface area contributed by atoms with Crippen LogP contribution >= 0.6 is 0 Å². The first-order chi connectivity index (χ1) is 11.9. The second-order valence-corrected chi connectivity index (χ2v) is 5.63. The Bertz CT molecular complexity index is 755. The van der Waals surface area contributed by atoms with Crippen LogP contribution in [0.25, 0.3) is 0 Å². The highest BCUT2D eigenvalue weighted by Crippen LogP contribution is 2.20. The quantitative estimate of drug-likeness (QED) is 0.807. The van der Waals surface area contributed by atoms with Gasteiger partial charge in [-0.25, -0.2) is 4.79 Å². The Hall–Kier alpha value is -3.02. The van der Waals surface area contributed by atoms with Crippen molar-refractivity contribution in [2.24, 2.45) is 0 Å². The summed E-state index contributed by atoms with van der Waals surface area (Å²) in [7, 11) is 1.58. The van der Waals surface area contributed by atoms with Crippen LogP contribution in [-0.4, -0.2) is 30.7 Å². The minimum atomic E-state index is -1.03. The number of methoxy groups -OCH3 is 1. The van der Waals surface area contributed by atoms with Gasteiger partial charge in [0.15, 0.2) is 6.61 Å². The maximum Gasteiger partial charge on any atom is 0.341 e. The number of ether oxygens (including phenoxy) is 2. The summed E-state index contributed by atoms with van der Waals surface area (Å²) >= 11 is 0. The summed E-state index contributed by atoms with van der Waals surface area (Å²) in [6, 6.07) is 12.0. The highest BCUT2D eigenvalue weighted by Gasteiger charge is 2.14. The Kier molecular flexibility index (Phi) is 6.00. The molecule has 2 rings (SSSR count). The zero-order chi connectivity index (χ0) is 18.4. The van der Waals surface area contributed by atoms with Crippen molar-refractivity contribution in [3.05, 3.63) is 59.2 Å². The molecular weight excluding hydrogens is 322 g/mol. The van der Waals surface area contributed by atoms with Crippen LogP contribution in [0.15, 0.2) is 42.5 Å². The van der Waals surface area contributed by atoms with Crippen molar-refractivity contribution in [2.75, 3.05) is 13.7 Å². The molecule has 2 N–H and O–H groups in total. The number of carboxylic acids is 1. The van der Waals surface area contributed by atoms with Crippen LogP contribution in [0.3, 0.4) is 0 Å². The number of hydrogen-bond donors (Lipinski definition) is 2. The summed E-state index contributed by atoms with van der Waals surface area (Å²) in [4.78, 5) is 22.9. The third-order valence-electron chi connectivity index (χ3n) is 3.77. The summed E-state index contributed by atoms with van der Waals surface area (Å²) in [5.74, 6) is -0.0202. The molecule has 0 saturated carbocycles. The fourth-order valence-electron chi connectivity index (χ4n) is 2.37. The maximum atomic E-state index is 12.5. The van der Waals surface area contributed by atoms with Crippen LogP contribution in [0.4, 0.5) is 0 Å². The lowest BCUT2D eigenvalue weighted by atomic mass is 10.1. The minimum Gasteiger partial charge on any atom is -0.497 e. The highest BCUT2D eigenvalue weighted by molar-refractivity contribution is 5.96. The highest BCUT2D eigenvalue weighted by atomic mass is 16.5. The molecule has 0 bridgehead atoms. The number of aryl methyl sites for hydroxylation is 1. The molecule has 0 fully saturated rings. The van der Waals surface area contributed by atoms with E-state index in [4.69, 9.17) is 14.6 Å². The zero-order valence-corrected chi connectivity index (χ0v) is 14.4. The first-order valence-electron chi connectivity index (χ1n) is 7.80. The lowest BCUT2D eigenvalue weighted by Gasteiger charge is -2.16. The average Bonchev–Trinajstić information content (AvgIpc) is 2.59. The van der Waals surface area contributed by atoms with E-state index < -0.39 is 5.97 Å². The molecular formula is C19H21NO5. The molecule has 0 spiro atoms. The van der Waals surface area contributed by atoms with Crippen molar-refractivity contribution in [1.29, 1.82) is 0 Å². The van der Waals surface area contributed by atoms with Crippen molar-refractivity contribution < 1.29 is 24.2 Å². The van der Waals surface area contributed by atoms with Crippen LogP contribution < -0.4 is 14.8 Å². The molecule has 6 heteroatoms. The molecule has 2 aromatic carbocycles. The van der Waals surface area contributed by atoms with Crippen LogP contribution in [0.1, 0.15) is 34.5 Å². The predicted molar refractivity (Wildman–Crippen MR) is 93.2 cm³/mol. The normalized spacial score (nSPS) is 11.5. The maximum absolute atomic E-state index is 12.5. The molecule has 6 nitrogen and oxygen atoms in total. The number of carbonyl (C=O) groups is 2. The van der Waals surface area contributed by atoms with E-state index in [0.29, 0.717) is 17.1 Å². The molecule has 0 radical (unpaired) electrons. The molecule has 0 heterocycles. The van der Waals surface area contributed by atoms with Crippen LogP contribution in [0, 0.1) is 6.92 Å². The van der Waals surface area contributed by atoms with Crippen molar-refractivity contribution in [2.45, 2.75) is 19.9 Å². The smallest absolute Gasteiger partial charge is 0.341 e. The second kappa shape index (κ2) is 8.19. The van der Waals surface area contributed by atoms with Gasteiger partial charge in [-0.2, -0.15) is 0 Å². The average molecular weight is 343 g/mol. The zero-order valence-electron chi connectivity index (χ0n) is 14.4. The van der Waals surface area contributed by atoms with Crippen molar-refractivity contribution >= 4 is 11.9 Å². The van der Waals surface area contributed by atoms with Gasteiger partial charge < -0.3 is 19.9 Å². The van der Waals surface area contributed by atoms with Gasteiger partial charge in [0.25, 0.3) is 5.91 Å². The molecule has 0 aromatic heterocycles. The lowest BCUT2D eigenvalue weighted by molar-refractivity contribution is -0.139. The number of carboxylic acid groups (broad SMARTS) is 1. The van der Waals surface area contributed by atoms with Gasteiger partial charge in [0, 0.05) is 5.56 Å². The number of aliphatic carboxylic acids is 1. The van der Waals surface area contributed by atoms with E-state index in [9.17, 15) is 9.59 Å². The van der Waals surface area contributed by atoms with Crippen molar-refractivity contribution in [1.82, 2.24) is 5.32 Å². The standard InChI is InChI=1S/C19H21NO5/c1-12-10-16(24-3)8-9-17(12)19(23)20-13(2)14-4-6-15(7-5-14)25-11-18(21)22/h4-10,13H,11H2,1-3H3,(H,20,23)(H,21,22). The van der Waals surface area contributed by atoms with Gasteiger partial charge in [0.1, 0.15) is 11.5 Å². The predicted octanol–water partition coefficient (Wildman–Crippen LogP) is 2.96. The Labute approximate surface area is 146 Å². The molecule has 25 heavy (non-hydrogen) atoms. The van der Waals surface area contributed by atoms with E-state index in [2.05, 4.69) is 5.32 Å². The fraction of sp³-hybridized carbons (Fsp3) is 0.263. The third kappa shape index (κ3) is 4.97. The van der Waals surface area contributed by atoms with E-state index in [1.807, 2.05) is 19.9 Å². The molecule has 0 aliphatic heterocycles. The van der Waals surface area contributed by atoms with Crippen molar-refractivity contribution in [3.63, 3.8) is 0 Å². The largest absolute Gasteiger partial charge is 0.497 e. The van der Waals surface area contributed by atoms with Crippen LogP contribution in [-0.2, 0) is 4.79 Å². The first-order valence-corrected chi connectivity index (χ1v) is 7.80. The van der Waals surface area contributed by atoms with E-state index in [0.717, 1.165) is 11.1 Å². The summed E-state index contributed by atoms with van der Waals surface area (Å²) in [5.41, 5.74) is 2.32. The number of benzene rings is 2. The summed E-state index contributed by atoms with van der Waals surface area (Å²) < 4.78 is 10.2. The molecule has 2 aromatic rings. The Morgan fingerprint density at radius 1 is 1.12 bits per heavy atom. The lowest BCUT2D eigenvalue weighted by Crippen LogP contribution is -2.27. The molecule has 0 aliphatic carbocycles. The van der Waals surface area contributed by atoms with Gasteiger partial charge in [-0.05, 0) is 55.3 Å². The minimum absolute atomic E-state index is 0.168. The third-order valence-corrected chi connectivity index (χ3v) is 3.77. The number of hydrogen-bond acceptors (Lipinski definition) is 4. The number of carbonyl (C=O) groups excluding carboxylic acids is 1. The van der Waals surface area contributed by atoms with Gasteiger partial charge in [0.05, 0.1) is 13.2 Å². The molecule has 132 valence electrons.